The van der Waals surface area contributed by atoms with Gasteiger partial charge in [0.25, 0.3) is 0 Å². The second-order valence-corrected chi connectivity index (χ2v) is 5.84. The van der Waals surface area contributed by atoms with Gasteiger partial charge in [-0.1, -0.05) is 19.9 Å². The molecule has 0 aromatic heterocycles. The zero-order valence-corrected chi connectivity index (χ0v) is 12.8. The van der Waals surface area contributed by atoms with Crippen molar-refractivity contribution in [2.24, 2.45) is 5.92 Å². The van der Waals surface area contributed by atoms with Crippen molar-refractivity contribution in [1.29, 1.82) is 0 Å². The van der Waals surface area contributed by atoms with Gasteiger partial charge in [0.1, 0.15) is 0 Å². The minimum atomic E-state index is -0.351. The molecule has 1 aliphatic carbocycles. The van der Waals surface area contributed by atoms with Crippen molar-refractivity contribution in [3.05, 3.63) is 33.9 Å². The van der Waals surface area contributed by atoms with Gasteiger partial charge in [-0.3, -0.25) is 10.1 Å². The molecule has 1 saturated carbocycles. The molecule has 0 spiro atoms. The number of rotatable bonds is 6. The predicted octanol–water partition coefficient (Wildman–Crippen LogP) is 3.66. The van der Waals surface area contributed by atoms with Crippen LogP contribution in [0, 0.1) is 16.0 Å². The molecule has 0 aliphatic heterocycles. The lowest BCUT2D eigenvalue weighted by atomic mass is 9.89. The Morgan fingerprint density at radius 3 is 2.67 bits per heavy atom. The van der Waals surface area contributed by atoms with E-state index < -0.39 is 0 Å². The van der Waals surface area contributed by atoms with Crippen molar-refractivity contribution < 1.29 is 9.66 Å². The molecule has 21 heavy (non-hydrogen) atoms. The third-order valence-corrected chi connectivity index (χ3v) is 4.06. The van der Waals surface area contributed by atoms with Crippen LogP contribution in [0.15, 0.2) is 18.2 Å². The number of ether oxygens (including phenoxy) is 1. The number of nitro groups is 1. The fourth-order valence-electron chi connectivity index (χ4n) is 2.71. The smallest absolute Gasteiger partial charge is 0.311 e. The molecule has 5 heteroatoms. The molecule has 0 heterocycles. The third-order valence-electron chi connectivity index (χ3n) is 4.06. The van der Waals surface area contributed by atoms with E-state index in [9.17, 15) is 10.1 Å². The number of benzene rings is 1. The topological polar surface area (TPSA) is 64.4 Å². The average Bonchev–Trinajstić information content (AvgIpc) is 2.48. The standard InChI is InChI=1S/C16H24N2O3/c1-3-17-11-13-6-9-16(15(10-13)18(19)20)21-14-7-4-12(2)5-8-14/h6,9-10,12,14,17H,3-5,7-8,11H2,1-2H3. The first-order valence-corrected chi connectivity index (χ1v) is 7.74. The van der Waals surface area contributed by atoms with E-state index in [4.69, 9.17) is 4.74 Å². The summed E-state index contributed by atoms with van der Waals surface area (Å²) >= 11 is 0. The second-order valence-electron chi connectivity index (χ2n) is 5.84. The van der Waals surface area contributed by atoms with Crippen LogP contribution < -0.4 is 10.1 Å². The predicted molar refractivity (Wildman–Crippen MR) is 82.5 cm³/mol. The Morgan fingerprint density at radius 1 is 1.33 bits per heavy atom. The molecule has 1 N–H and O–H groups in total. The fraction of sp³-hybridized carbons (Fsp3) is 0.625. The Labute approximate surface area is 125 Å². The van der Waals surface area contributed by atoms with Crippen molar-refractivity contribution >= 4 is 5.69 Å². The van der Waals surface area contributed by atoms with Gasteiger partial charge < -0.3 is 10.1 Å². The summed E-state index contributed by atoms with van der Waals surface area (Å²) in [5, 5.41) is 14.4. The van der Waals surface area contributed by atoms with Gasteiger partial charge in [-0.25, -0.2) is 0 Å². The molecule has 0 saturated heterocycles. The summed E-state index contributed by atoms with van der Waals surface area (Å²) in [6.45, 7) is 5.73. The molecule has 0 amide bonds. The summed E-state index contributed by atoms with van der Waals surface area (Å²) in [5.74, 6) is 1.14. The normalized spacial score (nSPS) is 22.0. The van der Waals surface area contributed by atoms with Crippen molar-refractivity contribution in [2.45, 2.75) is 52.2 Å². The van der Waals surface area contributed by atoms with E-state index in [-0.39, 0.29) is 16.7 Å². The van der Waals surface area contributed by atoms with Crippen LogP contribution in [-0.2, 0) is 6.54 Å². The zero-order valence-electron chi connectivity index (χ0n) is 12.8. The van der Waals surface area contributed by atoms with Crippen molar-refractivity contribution in [1.82, 2.24) is 5.32 Å². The van der Waals surface area contributed by atoms with Gasteiger partial charge in [-0.05, 0) is 49.8 Å². The highest BCUT2D eigenvalue weighted by Gasteiger charge is 2.23. The van der Waals surface area contributed by atoms with Gasteiger partial charge in [0.15, 0.2) is 5.75 Å². The van der Waals surface area contributed by atoms with Gasteiger partial charge in [0.05, 0.1) is 11.0 Å². The molecule has 2 rings (SSSR count). The highest BCUT2D eigenvalue weighted by molar-refractivity contribution is 5.48. The molecule has 116 valence electrons. The first-order valence-electron chi connectivity index (χ1n) is 7.74. The highest BCUT2D eigenvalue weighted by Crippen LogP contribution is 2.33. The SMILES string of the molecule is CCNCc1ccc(OC2CCC(C)CC2)c([N+](=O)[O-])c1. The summed E-state index contributed by atoms with van der Waals surface area (Å²) < 4.78 is 5.89. The van der Waals surface area contributed by atoms with Crippen LogP contribution in [0.5, 0.6) is 5.75 Å². The highest BCUT2D eigenvalue weighted by atomic mass is 16.6. The molecule has 0 radical (unpaired) electrons. The molecule has 5 nitrogen and oxygen atoms in total. The summed E-state index contributed by atoms with van der Waals surface area (Å²) in [7, 11) is 0. The van der Waals surface area contributed by atoms with Gasteiger partial charge in [0, 0.05) is 12.6 Å². The van der Waals surface area contributed by atoms with Gasteiger partial charge in [0.2, 0.25) is 0 Å². The van der Waals surface area contributed by atoms with E-state index in [1.54, 1.807) is 12.1 Å². The molecule has 1 fully saturated rings. The van der Waals surface area contributed by atoms with Gasteiger partial charge >= 0.3 is 5.69 Å². The third kappa shape index (κ3) is 4.43. The maximum atomic E-state index is 11.2. The minimum absolute atomic E-state index is 0.0732. The first-order chi connectivity index (χ1) is 10.1. The quantitative estimate of drug-likeness (QED) is 0.642. The van der Waals surface area contributed by atoms with Crippen molar-refractivity contribution in [3.63, 3.8) is 0 Å². The Hall–Kier alpha value is -1.62. The first kappa shape index (κ1) is 15.8. The zero-order chi connectivity index (χ0) is 15.2. The van der Waals surface area contributed by atoms with E-state index in [0.29, 0.717) is 12.3 Å². The molecular weight excluding hydrogens is 268 g/mol. The maximum absolute atomic E-state index is 11.2. The number of hydrogen-bond donors (Lipinski definition) is 1. The number of nitrogens with zero attached hydrogens (tertiary/aromatic N) is 1. The van der Waals surface area contributed by atoms with Crippen molar-refractivity contribution in [2.75, 3.05) is 6.54 Å². The minimum Gasteiger partial charge on any atom is -0.484 e. The summed E-state index contributed by atoms with van der Waals surface area (Å²) in [5.41, 5.74) is 0.984. The van der Waals surface area contributed by atoms with Crippen LogP contribution in [0.3, 0.4) is 0 Å². The molecule has 1 aliphatic rings. The number of nitro benzene ring substituents is 1. The Bertz CT molecular complexity index is 482. The van der Waals surface area contributed by atoms with Gasteiger partial charge in [-0.15, -0.1) is 0 Å². The van der Waals surface area contributed by atoms with Gasteiger partial charge in [-0.2, -0.15) is 0 Å². The van der Waals surface area contributed by atoms with Crippen LogP contribution in [0.1, 0.15) is 45.1 Å². The second kappa shape index (κ2) is 7.41. The lowest BCUT2D eigenvalue weighted by Gasteiger charge is -2.26. The summed E-state index contributed by atoms with van der Waals surface area (Å²) in [6, 6.07) is 5.25. The van der Waals surface area contributed by atoms with Crippen LogP contribution in [-0.4, -0.2) is 17.6 Å². The summed E-state index contributed by atoms with van der Waals surface area (Å²) in [4.78, 5) is 10.9. The Morgan fingerprint density at radius 2 is 2.05 bits per heavy atom. The number of hydrogen-bond acceptors (Lipinski definition) is 4. The van der Waals surface area contributed by atoms with Crippen LogP contribution in [0.4, 0.5) is 5.69 Å². The lowest BCUT2D eigenvalue weighted by Crippen LogP contribution is -2.23. The monoisotopic (exact) mass is 292 g/mol. The van der Waals surface area contributed by atoms with E-state index in [2.05, 4.69) is 12.2 Å². The largest absolute Gasteiger partial charge is 0.484 e. The van der Waals surface area contributed by atoms with Crippen LogP contribution in [0.25, 0.3) is 0 Å². The average molecular weight is 292 g/mol. The molecule has 1 aromatic rings. The Balaban J connectivity index is 2.09. The van der Waals surface area contributed by atoms with E-state index in [0.717, 1.165) is 43.7 Å². The number of nitrogens with one attached hydrogen (secondary N) is 1. The lowest BCUT2D eigenvalue weighted by molar-refractivity contribution is -0.386. The molecular formula is C16H24N2O3. The van der Waals surface area contributed by atoms with Crippen molar-refractivity contribution in [3.8, 4) is 5.75 Å². The maximum Gasteiger partial charge on any atom is 0.311 e. The van der Waals surface area contributed by atoms with Crippen LogP contribution >= 0.6 is 0 Å². The summed E-state index contributed by atoms with van der Waals surface area (Å²) in [6.07, 6.45) is 4.35. The van der Waals surface area contributed by atoms with E-state index >= 15 is 0 Å². The van der Waals surface area contributed by atoms with E-state index in [1.165, 1.54) is 0 Å². The molecule has 0 unspecified atom stereocenters. The molecule has 1 aromatic carbocycles. The Kier molecular flexibility index (Phi) is 5.56. The fourth-order valence-corrected chi connectivity index (χ4v) is 2.71. The molecule has 0 bridgehead atoms. The molecule has 0 atom stereocenters. The van der Waals surface area contributed by atoms with E-state index in [1.807, 2.05) is 13.0 Å². The van der Waals surface area contributed by atoms with Crippen LogP contribution in [0.2, 0.25) is 0 Å².